The van der Waals surface area contributed by atoms with Gasteiger partial charge in [-0.3, -0.25) is 0 Å². The highest BCUT2D eigenvalue weighted by Crippen LogP contribution is 2.53. The van der Waals surface area contributed by atoms with E-state index in [9.17, 15) is 0 Å². The number of para-hydroxylation sites is 3. The topological polar surface area (TPSA) is 27.7 Å². The van der Waals surface area contributed by atoms with Crippen LogP contribution >= 0.6 is 0 Å². The normalized spacial score (nSPS) is 16.0. The van der Waals surface area contributed by atoms with Gasteiger partial charge in [0.2, 0.25) is 0 Å². The van der Waals surface area contributed by atoms with Gasteiger partial charge in [-0.1, -0.05) is 105 Å². The first kappa shape index (κ1) is 33.8. The van der Waals surface area contributed by atoms with Crippen LogP contribution in [0, 0.1) is 27.7 Å². The maximum Gasteiger partial charge on any atom is 0.139 e. The van der Waals surface area contributed by atoms with Gasteiger partial charge in [0.25, 0.3) is 0 Å². The summed E-state index contributed by atoms with van der Waals surface area (Å²) < 4.78 is 20.4. The Morgan fingerprint density at radius 1 is 0.423 bits per heavy atom. The van der Waals surface area contributed by atoms with Crippen molar-refractivity contribution in [3.8, 4) is 56.4 Å². The summed E-state index contributed by atoms with van der Waals surface area (Å²) in [4.78, 5) is 0. The van der Waals surface area contributed by atoms with Crippen LogP contribution in [-0.2, 0) is 16.6 Å². The van der Waals surface area contributed by atoms with Gasteiger partial charge in [0.1, 0.15) is 34.2 Å². The molecule has 0 aliphatic carbocycles. The Labute approximate surface area is 309 Å². The first-order valence-corrected chi connectivity index (χ1v) is 18.4. The van der Waals surface area contributed by atoms with Crippen LogP contribution < -0.4 is 14.2 Å². The zero-order valence-corrected chi connectivity index (χ0v) is 32.1. The van der Waals surface area contributed by atoms with E-state index in [0.29, 0.717) is 0 Å². The smallest absolute Gasteiger partial charge is 0.139 e. The summed E-state index contributed by atoms with van der Waals surface area (Å²) in [5, 5.41) is 0. The molecule has 8 rings (SSSR count). The number of ether oxygens (including phenoxy) is 3. The molecule has 2 aliphatic rings. The largest absolute Gasteiger partial charge is 0.483 e. The van der Waals surface area contributed by atoms with Crippen LogP contribution in [-0.4, -0.2) is 0 Å². The minimum Gasteiger partial charge on any atom is -0.483 e. The highest BCUT2D eigenvalue weighted by molar-refractivity contribution is 5.88. The standard InChI is InChI=1S/C49H48O3/c1-29-22-25-34(31(3)44(29)33-24-27-39-43(28-33)52-48(7,8)38-18-12-14-21-42(38)51-49(39,9)10)35-26-23-30(2)45(32(35)4)36-16-15-19-40-46(36)50-41-20-13-11-17-37(41)47(40,5)6/h11-28H,1-10H3. The third-order valence-electron chi connectivity index (χ3n) is 11.6. The molecule has 52 heavy (non-hydrogen) atoms. The van der Waals surface area contributed by atoms with Crippen LogP contribution in [0.4, 0.5) is 0 Å². The second-order valence-corrected chi connectivity index (χ2v) is 16.2. The second-order valence-electron chi connectivity index (χ2n) is 16.2. The van der Waals surface area contributed by atoms with Crippen LogP contribution in [0.15, 0.2) is 109 Å². The summed E-state index contributed by atoms with van der Waals surface area (Å²) in [6.45, 7) is 22.0. The summed E-state index contributed by atoms with van der Waals surface area (Å²) in [5.74, 6) is 3.59. The van der Waals surface area contributed by atoms with Crippen molar-refractivity contribution < 1.29 is 14.2 Å². The molecule has 0 atom stereocenters. The molecule has 6 aromatic carbocycles. The Bertz CT molecular complexity index is 2410. The molecule has 0 N–H and O–H groups in total. The fraction of sp³-hybridized carbons (Fsp3) is 0.265. The van der Waals surface area contributed by atoms with Gasteiger partial charge in [-0.05, 0) is 124 Å². The summed E-state index contributed by atoms with van der Waals surface area (Å²) in [6, 6.07) is 39.0. The van der Waals surface area contributed by atoms with Crippen LogP contribution in [0.5, 0.6) is 23.0 Å². The van der Waals surface area contributed by atoms with Gasteiger partial charge < -0.3 is 14.2 Å². The second kappa shape index (κ2) is 11.9. The molecular formula is C49H48O3. The van der Waals surface area contributed by atoms with Crippen molar-refractivity contribution >= 4 is 0 Å². The van der Waals surface area contributed by atoms with E-state index in [2.05, 4.69) is 166 Å². The van der Waals surface area contributed by atoms with Crippen molar-refractivity contribution in [3.63, 3.8) is 0 Å². The molecule has 2 heterocycles. The van der Waals surface area contributed by atoms with Crippen LogP contribution in [0.1, 0.15) is 86.1 Å². The highest BCUT2D eigenvalue weighted by Gasteiger charge is 2.38. The number of hydrogen-bond donors (Lipinski definition) is 0. The van der Waals surface area contributed by atoms with E-state index in [0.717, 1.165) is 45.3 Å². The Kier molecular flexibility index (Phi) is 7.73. The predicted molar refractivity (Wildman–Crippen MR) is 214 cm³/mol. The van der Waals surface area contributed by atoms with Gasteiger partial charge >= 0.3 is 0 Å². The molecule has 2 aliphatic heterocycles. The Hall–Kier alpha value is -5.28. The first-order chi connectivity index (χ1) is 24.7. The Morgan fingerprint density at radius 3 is 1.65 bits per heavy atom. The lowest BCUT2D eigenvalue weighted by Crippen LogP contribution is -2.34. The van der Waals surface area contributed by atoms with Gasteiger partial charge in [0.15, 0.2) is 0 Å². The molecule has 0 radical (unpaired) electrons. The maximum absolute atomic E-state index is 6.93. The third kappa shape index (κ3) is 5.24. The monoisotopic (exact) mass is 684 g/mol. The van der Waals surface area contributed by atoms with E-state index in [-0.39, 0.29) is 5.41 Å². The number of fused-ring (bicyclic) bond motifs is 4. The van der Waals surface area contributed by atoms with Crippen molar-refractivity contribution in [2.24, 2.45) is 0 Å². The molecule has 3 nitrogen and oxygen atoms in total. The zero-order chi connectivity index (χ0) is 36.7. The first-order valence-electron chi connectivity index (χ1n) is 18.4. The quantitative estimate of drug-likeness (QED) is 0.186. The molecule has 0 fully saturated rings. The third-order valence-corrected chi connectivity index (χ3v) is 11.6. The number of rotatable bonds is 3. The minimum atomic E-state index is -0.584. The van der Waals surface area contributed by atoms with Crippen molar-refractivity contribution in [1.82, 2.24) is 0 Å². The fourth-order valence-electron chi connectivity index (χ4n) is 8.77. The van der Waals surface area contributed by atoms with Crippen LogP contribution in [0.25, 0.3) is 33.4 Å². The minimum absolute atomic E-state index is 0.182. The van der Waals surface area contributed by atoms with E-state index in [1.807, 2.05) is 12.1 Å². The maximum atomic E-state index is 6.93. The molecule has 0 spiro atoms. The molecule has 3 heteroatoms. The summed E-state index contributed by atoms with van der Waals surface area (Å²) in [7, 11) is 0. The lowest BCUT2D eigenvalue weighted by molar-refractivity contribution is 0.0522. The molecule has 0 saturated heterocycles. The summed E-state index contributed by atoms with van der Waals surface area (Å²) >= 11 is 0. The van der Waals surface area contributed by atoms with E-state index in [1.54, 1.807) is 0 Å². The molecular weight excluding hydrogens is 637 g/mol. The number of benzene rings is 6. The molecule has 0 amide bonds. The SMILES string of the molecule is Cc1ccc(-c2ccc(C)c(-c3cccc4c3Oc3ccccc3C4(C)C)c2C)c(C)c1-c1ccc2c(c1)OC(C)(C)c1ccccc1OC2(C)C. The van der Waals surface area contributed by atoms with Gasteiger partial charge in [-0.25, -0.2) is 0 Å². The molecule has 6 aromatic rings. The van der Waals surface area contributed by atoms with E-state index in [1.165, 1.54) is 55.6 Å². The zero-order valence-electron chi connectivity index (χ0n) is 32.1. The molecule has 0 saturated carbocycles. The van der Waals surface area contributed by atoms with Gasteiger partial charge in [-0.2, -0.15) is 0 Å². The molecule has 0 aromatic heterocycles. The van der Waals surface area contributed by atoms with E-state index < -0.39 is 11.2 Å². The van der Waals surface area contributed by atoms with Crippen molar-refractivity contribution in [3.05, 3.63) is 154 Å². The lowest BCUT2D eigenvalue weighted by atomic mass is 9.74. The molecule has 262 valence electrons. The van der Waals surface area contributed by atoms with Crippen LogP contribution in [0.2, 0.25) is 0 Å². The van der Waals surface area contributed by atoms with Gasteiger partial charge in [0.05, 0.1) is 0 Å². The predicted octanol–water partition coefficient (Wildman–Crippen LogP) is 13.3. The Morgan fingerprint density at radius 2 is 0.962 bits per heavy atom. The number of hydrogen-bond acceptors (Lipinski definition) is 3. The average molecular weight is 685 g/mol. The highest BCUT2D eigenvalue weighted by atomic mass is 16.5. The summed E-state index contributed by atoms with van der Waals surface area (Å²) in [5.41, 5.74) is 15.3. The number of aryl methyl sites for hydroxylation is 2. The van der Waals surface area contributed by atoms with Crippen molar-refractivity contribution in [2.45, 2.75) is 85.9 Å². The van der Waals surface area contributed by atoms with Gasteiger partial charge in [-0.15, -0.1) is 0 Å². The molecule has 0 unspecified atom stereocenters. The fourth-order valence-corrected chi connectivity index (χ4v) is 8.77. The van der Waals surface area contributed by atoms with Gasteiger partial charge in [0, 0.05) is 33.2 Å². The van der Waals surface area contributed by atoms with Crippen molar-refractivity contribution in [1.29, 1.82) is 0 Å². The lowest BCUT2D eigenvalue weighted by Gasteiger charge is -2.38. The van der Waals surface area contributed by atoms with E-state index >= 15 is 0 Å². The van der Waals surface area contributed by atoms with Crippen LogP contribution in [0.3, 0.4) is 0 Å². The molecule has 0 bridgehead atoms. The van der Waals surface area contributed by atoms with E-state index in [4.69, 9.17) is 14.2 Å². The Balaban J connectivity index is 1.25. The average Bonchev–Trinajstić information content (AvgIpc) is 3.09. The van der Waals surface area contributed by atoms with Crippen molar-refractivity contribution in [2.75, 3.05) is 0 Å². The summed E-state index contributed by atoms with van der Waals surface area (Å²) in [6.07, 6.45) is 0.